The smallest absolute Gasteiger partial charge is 0.266 e. The zero-order valence-electron chi connectivity index (χ0n) is 15.4. The minimum atomic E-state index is -2.80. The van der Waals surface area contributed by atoms with Crippen LogP contribution < -0.4 is 4.90 Å². The summed E-state index contributed by atoms with van der Waals surface area (Å²) in [5.41, 5.74) is 0.907. The highest BCUT2D eigenvalue weighted by Crippen LogP contribution is 2.45. The van der Waals surface area contributed by atoms with Gasteiger partial charge in [-0.2, -0.15) is 0 Å². The van der Waals surface area contributed by atoms with Gasteiger partial charge in [-0.15, -0.1) is 11.8 Å². The van der Waals surface area contributed by atoms with Crippen molar-refractivity contribution in [2.75, 3.05) is 30.3 Å². The predicted octanol–water partition coefficient (Wildman–Crippen LogP) is 4.68. The number of hydrogen-bond donors (Lipinski definition) is 0. The number of halogens is 3. The minimum Gasteiger partial charge on any atom is -0.363 e. The number of carbonyl (C=O) groups excluding carboxylic acids is 1. The van der Waals surface area contributed by atoms with Crippen molar-refractivity contribution in [3.63, 3.8) is 0 Å². The lowest BCUT2D eigenvalue weighted by Crippen LogP contribution is -2.33. The number of anilines is 1. The number of rotatable bonds is 4. The topological polar surface area (TPSA) is 23.6 Å². The number of para-hydroxylation sites is 1. The predicted molar refractivity (Wildman–Crippen MR) is 99.2 cm³/mol. The maximum atomic E-state index is 14.6. The summed E-state index contributed by atoms with van der Waals surface area (Å²) >= 11 is 1.44. The van der Waals surface area contributed by atoms with Crippen LogP contribution >= 0.6 is 11.8 Å². The molecule has 0 bridgehead atoms. The second kappa shape index (κ2) is 6.98. The Balaban J connectivity index is 1.90. The Kier molecular flexibility index (Phi) is 5.21. The fourth-order valence-corrected chi connectivity index (χ4v) is 4.64. The van der Waals surface area contributed by atoms with Crippen molar-refractivity contribution >= 4 is 23.4 Å². The summed E-state index contributed by atoms with van der Waals surface area (Å²) < 4.78 is 42.0. The zero-order valence-corrected chi connectivity index (χ0v) is 16.2. The van der Waals surface area contributed by atoms with E-state index in [9.17, 15) is 18.0 Å². The summed E-state index contributed by atoms with van der Waals surface area (Å²) in [5, 5.41) is -0.329. The van der Waals surface area contributed by atoms with Crippen LogP contribution in [0.25, 0.3) is 0 Å². The van der Waals surface area contributed by atoms with Gasteiger partial charge in [0.2, 0.25) is 5.91 Å². The van der Waals surface area contributed by atoms with Crippen LogP contribution in [-0.2, 0) is 4.79 Å². The van der Waals surface area contributed by atoms with Crippen LogP contribution in [0.4, 0.5) is 18.9 Å². The fraction of sp³-hybridized carbons (Fsp3) is 0.632. The SMILES string of the molecule is CC(C)(C)CCN1C(=O)CSC1c1cccc(F)c1N1CCC(F)(F)C1. The Morgan fingerprint density at radius 1 is 1.31 bits per heavy atom. The number of alkyl halides is 2. The summed E-state index contributed by atoms with van der Waals surface area (Å²) in [6.45, 7) is 6.54. The summed E-state index contributed by atoms with van der Waals surface area (Å²) in [6.07, 6.45) is 0.549. The normalized spacial score (nSPS) is 23.2. The second-order valence-corrected chi connectivity index (χ2v) is 9.33. The van der Waals surface area contributed by atoms with E-state index in [1.54, 1.807) is 17.0 Å². The molecule has 144 valence electrons. The lowest BCUT2D eigenvalue weighted by Gasteiger charge is -2.31. The molecule has 2 fully saturated rings. The largest absolute Gasteiger partial charge is 0.363 e. The molecule has 2 heterocycles. The lowest BCUT2D eigenvalue weighted by molar-refractivity contribution is -0.128. The Hall–Kier alpha value is -1.37. The molecule has 1 atom stereocenters. The standard InChI is InChI=1S/C19H25F3N2OS/c1-18(2,3)7-10-24-15(25)11-26-17(24)13-5-4-6-14(20)16(13)23-9-8-19(21,22)12-23/h4-6,17H,7-12H2,1-3H3. The number of hydrogen-bond acceptors (Lipinski definition) is 3. The molecule has 0 radical (unpaired) electrons. The van der Waals surface area contributed by atoms with E-state index in [1.165, 1.54) is 22.7 Å². The van der Waals surface area contributed by atoms with E-state index in [4.69, 9.17) is 0 Å². The summed E-state index contributed by atoms with van der Waals surface area (Å²) in [4.78, 5) is 15.6. The van der Waals surface area contributed by atoms with Gasteiger partial charge in [0.1, 0.15) is 11.2 Å². The summed E-state index contributed by atoms with van der Waals surface area (Å²) in [6, 6.07) is 4.65. The summed E-state index contributed by atoms with van der Waals surface area (Å²) in [7, 11) is 0. The number of carbonyl (C=O) groups is 1. The van der Waals surface area contributed by atoms with E-state index in [-0.39, 0.29) is 35.3 Å². The van der Waals surface area contributed by atoms with Crippen molar-refractivity contribution in [1.29, 1.82) is 0 Å². The van der Waals surface area contributed by atoms with Crippen molar-refractivity contribution < 1.29 is 18.0 Å². The molecule has 0 aromatic heterocycles. The van der Waals surface area contributed by atoms with Crippen LogP contribution in [0.3, 0.4) is 0 Å². The van der Waals surface area contributed by atoms with Crippen molar-refractivity contribution in [2.24, 2.45) is 5.41 Å². The van der Waals surface area contributed by atoms with Gasteiger partial charge < -0.3 is 9.80 Å². The van der Waals surface area contributed by atoms with Crippen LogP contribution in [0.1, 0.15) is 44.6 Å². The molecule has 0 saturated carbocycles. The molecular formula is C19H25F3N2OS. The van der Waals surface area contributed by atoms with Crippen molar-refractivity contribution in [3.8, 4) is 0 Å². The Bertz CT molecular complexity index is 690. The van der Waals surface area contributed by atoms with Gasteiger partial charge in [-0.05, 0) is 17.9 Å². The van der Waals surface area contributed by atoms with Crippen LogP contribution in [0.15, 0.2) is 18.2 Å². The third kappa shape index (κ3) is 4.13. The molecule has 1 unspecified atom stereocenters. The average Bonchev–Trinajstić information content (AvgIpc) is 3.06. The quantitative estimate of drug-likeness (QED) is 0.751. The third-order valence-corrected chi connectivity index (χ3v) is 6.08. The minimum absolute atomic E-state index is 0.0196. The third-order valence-electron chi connectivity index (χ3n) is 4.84. The highest BCUT2D eigenvalue weighted by atomic mass is 32.2. The number of nitrogens with zero attached hydrogens (tertiary/aromatic N) is 2. The van der Waals surface area contributed by atoms with E-state index in [1.807, 2.05) is 0 Å². The molecular weight excluding hydrogens is 361 g/mol. The molecule has 1 amide bonds. The molecule has 2 aliphatic heterocycles. The van der Waals surface area contributed by atoms with Gasteiger partial charge >= 0.3 is 0 Å². The van der Waals surface area contributed by atoms with E-state index in [2.05, 4.69) is 20.8 Å². The van der Waals surface area contributed by atoms with E-state index in [0.717, 1.165) is 6.42 Å². The van der Waals surface area contributed by atoms with Crippen LogP contribution in [0, 0.1) is 11.2 Å². The molecule has 3 nitrogen and oxygen atoms in total. The van der Waals surface area contributed by atoms with Gasteiger partial charge in [-0.25, -0.2) is 13.2 Å². The molecule has 1 aromatic carbocycles. The fourth-order valence-electron chi connectivity index (χ4n) is 3.40. The number of thioether (sulfide) groups is 1. The second-order valence-electron chi connectivity index (χ2n) is 8.27. The van der Waals surface area contributed by atoms with Gasteiger partial charge in [0.15, 0.2) is 0 Å². The molecule has 0 N–H and O–H groups in total. The first-order chi connectivity index (χ1) is 12.1. The van der Waals surface area contributed by atoms with Crippen molar-refractivity contribution in [3.05, 3.63) is 29.6 Å². The number of benzene rings is 1. The van der Waals surface area contributed by atoms with Crippen molar-refractivity contribution in [2.45, 2.75) is 44.9 Å². The van der Waals surface area contributed by atoms with Crippen LogP contribution in [-0.4, -0.2) is 42.1 Å². The first-order valence-corrected chi connectivity index (χ1v) is 9.95. The maximum absolute atomic E-state index is 14.6. The van der Waals surface area contributed by atoms with Crippen molar-refractivity contribution in [1.82, 2.24) is 4.90 Å². The molecule has 0 spiro atoms. The first-order valence-electron chi connectivity index (χ1n) is 8.90. The van der Waals surface area contributed by atoms with Gasteiger partial charge in [-0.3, -0.25) is 4.79 Å². The monoisotopic (exact) mass is 386 g/mol. The molecule has 3 rings (SSSR count). The summed E-state index contributed by atoms with van der Waals surface area (Å²) in [5.74, 6) is -2.95. The average molecular weight is 386 g/mol. The Morgan fingerprint density at radius 3 is 2.65 bits per heavy atom. The van der Waals surface area contributed by atoms with Crippen LogP contribution in [0.2, 0.25) is 0 Å². The Morgan fingerprint density at radius 2 is 2.04 bits per heavy atom. The van der Waals surface area contributed by atoms with Gasteiger partial charge in [0.25, 0.3) is 5.92 Å². The van der Waals surface area contributed by atoms with E-state index >= 15 is 0 Å². The highest BCUT2D eigenvalue weighted by Gasteiger charge is 2.42. The molecule has 26 heavy (non-hydrogen) atoms. The Labute approximate surface area is 156 Å². The molecule has 2 saturated heterocycles. The van der Waals surface area contributed by atoms with E-state index in [0.29, 0.717) is 17.9 Å². The van der Waals surface area contributed by atoms with E-state index < -0.39 is 18.3 Å². The van der Waals surface area contributed by atoms with Gasteiger partial charge in [-0.1, -0.05) is 32.9 Å². The molecule has 0 aliphatic carbocycles. The zero-order chi connectivity index (χ0) is 19.1. The number of amides is 1. The molecule has 1 aromatic rings. The van der Waals surface area contributed by atoms with Gasteiger partial charge in [0, 0.05) is 25.1 Å². The van der Waals surface area contributed by atoms with Gasteiger partial charge in [0.05, 0.1) is 18.0 Å². The molecule has 7 heteroatoms. The van der Waals surface area contributed by atoms with Crippen LogP contribution in [0.5, 0.6) is 0 Å². The first kappa shape index (κ1) is 19.4. The molecule has 2 aliphatic rings. The lowest BCUT2D eigenvalue weighted by atomic mass is 9.92. The maximum Gasteiger partial charge on any atom is 0.266 e. The highest BCUT2D eigenvalue weighted by molar-refractivity contribution is 8.00.